The standard InChI is InChI=1S/C11H22N2O4S/c1-4-10(11(14)15)12(3)18(16,17)13-7-5-9(2)6-8-13/h9-10H,4-8H2,1-3H3,(H,14,15). The number of hydrogen-bond donors (Lipinski definition) is 1. The maximum absolute atomic E-state index is 12.3. The molecule has 1 rings (SSSR count). The Labute approximate surface area is 109 Å². The largest absolute Gasteiger partial charge is 0.480 e. The zero-order valence-corrected chi connectivity index (χ0v) is 12.0. The Hall–Kier alpha value is -0.660. The average molecular weight is 278 g/mol. The van der Waals surface area contributed by atoms with Crippen LogP contribution in [0.15, 0.2) is 0 Å². The van der Waals surface area contributed by atoms with E-state index in [9.17, 15) is 13.2 Å². The second kappa shape index (κ2) is 5.99. The van der Waals surface area contributed by atoms with Crippen LogP contribution in [0.4, 0.5) is 0 Å². The lowest BCUT2D eigenvalue weighted by atomic mass is 10.0. The number of aliphatic carboxylic acids is 1. The molecule has 18 heavy (non-hydrogen) atoms. The van der Waals surface area contributed by atoms with Crippen LogP contribution in [0.25, 0.3) is 0 Å². The van der Waals surface area contributed by atoms with Crippen molar-refractivity contribution in [2.45, 2.75) is 39.2 Å². The summed E-state index contributed by atoms with van der Waals surface area (Å²) in [5.41, 5.74) is 0. The minimum absolute atomic E-state index is 0.259. The topological polar surface area (TPSA) is 77.9 Å². The van der Waals surface area contributed by atoms with Gasteiger partial charge in [-0.05, 0) is 25.2 Å². The summed E-state index contributed by atoms with van der Waals surface area (Å²) in [5, 5.41) is 9.02. The Kier molecular flexibility index (Phi) is 5.12. The fourth-order valence-corrected chi connectivity index (χ4v) is 3.74. The molecule has 106 valence electrons. The highest BCUT2D eigenvalue weighted by Gasteiger charge is 2.35. The van der Waals surface area contributed by atoms with E-state index in [4.69, 9.17) is 5.11 Å². The highest BCUT2D eigenvalue weighted by atomic mass is 32.2. The quantitative estimate of drug-likeness (QED) is 0.805. The van der Waals surface area contributed by atoms with Crippen LogP contribution in [0.1, 0.15) is 33.1 Å². The maximum atomic E-state index is 12.3. The molecule has 7 heteroatoms. The average Bonchev–Trinajstić information content (AvgIpc) is 2.29. The smallest absolute Gasteiger partial charge is 0.322 e. The monoisotopic (exact) mass is 278 g/mol. The lowest BCUT2D eigenvalue weighted by Crippen LogP contribution is -2.51. The van der Waals surface area contributed by atoms with E-state index in [1.54, 1.807) is 6.92 Å². The van der Waals surface area contributed by atoms with Gasteiger partial charge in [-0.25, -0.2) is 0 Å². The van der Waals surface area contributed by atoms with E-state index in [-0.39, 0.29) is 6.42 Å². The van der Waals surface area contributed by atoms with E-state index in [2.05, 4.69) is 6.92 Å². The first kappa shape index (κ1) is 15.4. The normalized spacial score (nSPS) is 21.1. The van der Waals surface area contributed by atoms with Crippen LogP contribution in [0.2, 0.25) is 0 Å². The summed E-state index contributed by atoms with van der Waals surface area (Å²) < 4.78 is 26.9. The molecule has 0 saturated carbocycles. The summed E-state index contributed by atoms with van der Waals surface area (Å²) >= 11 is 0. The molecule has 1 aliphatic rings. The Morgan fingerprint density at radius 2 is 1.94 bits per heavy atom. The van der Waals surface area contributed by atoms with Gasteiger partial charge in [-0.1, -0.05) is 13.8 Å². The summed E-state index contributed by atoms with van der Waals surface area (Å²) in [6, 6.07) is -0.991. The molecule has 0 radical (unpaired) electrons. The fraction of sp³-hybridized carbons (Fsp3) is 0.909. The second-order valence-electron chi connectivity index (χ2n) is 4.87. The molecule has 0 aliphatic carbocycles. The summed E-state index contributed by atoms with van der Waals surface area (Å²) in [6.45, 7) is 4.72. The number of carboxylic acid groups (broad SMARTS) is 1. The van der Waals surface area contributed by atoms with Crippen molar-refractivity contribution in [1.82, 2.24) is 8.61 Å². The molecule has 1 fully saturated rings. The van der Waals surface area contributed by atoms with Crippen molar-refractivity contribution in [3.63, 3.8) is 0 Å². The molecule has 0 amide bonds. The lowest BCUT2D eigenvalue weighted by Gasteiger charge is -2.34. The highest BCUT2D eigenvalue weighted by molar-refractivity contribution is 7.86. The number of carbonyl (C=O) groups is 1. The van der Waals surface area contributed by atoms with Crippen LogP contribution in [0.5, 0.6) is 0 Å². The number of likely N-dealkylation sites (N-methyl/N-ethyl adjacent to an activating group) is 1. The molecule has 0 aromatic carbocycles. The first-order chi connectivity index (χ1) is 8.30. The number of hydrogen-bond acceptors (Lipinski definition) is 3. The number of rotatable bonds is 5. The zero-order valence-electron chi connectivity index (χ0n) is 11.2. The van der Waals surface area contributed by atoms with Crippen LogP contribution >= 0.6 is 0 Å². The highest BCUT2D eigenvalue weighted by Crippen LogP contribution is 2.21. The molecule has 1 aliphatic heterocycles. The molecule has 1 N–H and O–H groups in total. The third-order valence-corrected chi connectivity index (χ3v) is 5.54. The Bertz CT molecular complexity index is 388. The minimum atomic E-state index is -3.66. The predicted molar refractivity (Wildman–Crippen MR) is 68.4 cm³/mol. The van der Waals surface area contributed by atoms with Crippen molar-refractivity contribution in [1.29, 1.82) is 0 Å². The van der Waals surface area contributed by atoms with E-state index in [0.29, 0.717) is 19.0 Å². The van der Waals surface area contributed by atoms with Crippen molar-refractivity contribution in [3.05, 3.63) is 0 Å². The van der Waals surface area contributed by atoms with Crippen LogP contribution in [-0.2, 0) is 15.0 Å². The first-order valence-electron chi connectivity index (χ1n) is 6.26. The predicted octanol–water partition coefficient (Wildman–Crippen LogP) is 0.758. The van der Waals surface area contributed by atoms with E-state index in [1.807, 2.05) is 0 Å². The van der Waals surface area contributed by atoms with Crippen molar-refractivity contribution in [2.24, 2.45) is 5.92 Å². The van der Waals surface area contributed by atoms with Crippen molar-refractivity contribution in [2.75, 3.05) is 20.1 Å². The Morgan fingerprint density at radius 1 is 1.44 bits per heavy atom. The molecule has 0 spiro atoms. The number of carboxylic acids is 1. The molecule has 0 aromatic rings. The molecule has 1 unspecified atom stereocenters. The van der Waals surface area contributed by atoms with E-state index >= 15 is 0 Å². The van der Waals surface area contributed by atoms with Crippen LogP contribution in [0, 0.1) is 5.92 Å². The van der Waals surface area contributed by atoms with Gasteiger partial charge in [-0.2, -0.15) is 17.0 Å². The van der Waals surface area contributed by atoms with Gasteiger partial charge in [0.25, 0.3) is 10.2 Å². The third kappa shape index (κ3) is 3.21. The summed E-state index contributed by atoms with van der Waals surface area (Å²) in [7, 11) is -2.31. The molecule has 1 heterocycles. The SMILES string of the molecule is CCC(C(=O)O)N(C)S(=O)(=O)N1CCC(C)CC1. The van der Waals surface area contributed by atoms with Crippen molar-refractivity contribution >= 4 is 16.2 Å². The van der Waals surface area contributed by atoms with Gasteiger partial charge in [0.2, 0.25) is 0 Å². The van der Waals surface area contributed by atoms with E-state index < -0.39 is 22.2 Å². The van der Waals surface area contributed by atoms with Crippen molar-refractivity contribution < 1.29 is 18.3 Å². The summed E-state index contributed by atoms with van der Waals surface area (Å²) in [4.78, 5) is 11.0. The van der Waals surface area contributed by atoms with Gasteiger partial charge in [0, 0.05) is 20.1 Å². The summed E-state index contributed by atoms with van der Waals surface area (Å²) in [5.74, 6) is -0.572. The number of nitrogens with zero attached hydrogens (tertiary/aromatic N) is 2. The van der Waals surface area contributed by atoms with Gasteiger partial charge in [-0.3, -0.25) is 4.79 Å². The molecule has 1 saturated heterocycles. The van der Waals surface area contributed by atoms with E-state index in [0.717, 1.165) is 17.1 Å². The molecular formula is C11H22N2O4S. The third-order valence-electron chi connectivity index (χ3n) is 3.54. The first-order valence-corrected chi connectivity index (χ1v) is 7.66. The Morgan fingerprint density at radius 3 is 2.33 bits per heavy atom. The van der Waals surface area contributed by atoms with Crippen LogP contribution in [-0.4, -0.2) is 54.3 Å². The molecule has 0 bridgehead atoms. The molecule has 6 nitrogen and oxygen atoms in total. The van der Waals surface area contributed by atoms with Crippen LogP contribution in [0.3, 0.4) is 0 Å². The Balaban J connectivity index is 2.82. The summed E-state index contributed by atoms with van der Waals surface area (Å²) in [6.07, 6.45) is 1.92. The van der Waals surface area contributed by atoms with Gasteiger partial charge in [-0.15, -0.1) is 0 Å². The zero-order chi connectivity index (χ0) is 13.9. The van der Waals surface area contributed by atoms with Gasteiger partial charge in [0.15, 0.2) is 0 Å². The molecule has 1 atom stereocenters. The number of piperidine rings is 1. The molecular weight excluding hydrogens is 256 g/mol. The van der Waals surface area contributed by atoms with Gasteiger partial charge < -0.3 is 5.11 Å². The van der Waals surface area contributed by atoms with Gasteiger partial charge in [0.05, 0.1) is 0 Å². The maximum Gasteiger partial charge on any atom is 0.322 e. The van der Waals surface area contributed by atoms with E-state index in [1.165, 1.54) is 11.4 Å². The van der Waals surface area contributed by atoms with Crippen LogP contribution < -0.4 is 0 Å². The van der Waals surface area contributed by atoms with Crippen molar-refractivity contribution in [3.8, 4) is 0 Å². The molecule has 0 aromatic heterocycles. The van der Waals surface area contributed by atoms with Gasteiger partial charge >= 0.3 is 5.97 Å². The second-order valence-corrected chi connectivity index (χ2v) is 6.86. The minimum Gasteiger partial charge on any atom is -0.480 e. The van der Waals surface area contributed by atoms with Gasteiger partial charge in [0.1, 0.15) is 6.04 Å². The fourth-order valence-electron chi connectivity index (χ4n) is 2.15. The lowest BCUT2D eigenvalue weighted by molar-refractivity contribution is -0.141.